The Balaban J connectivity index is 1.72. The van der Waals surface area contributed by atoms with Gasteiger partial charge in [-0.25, -0.2) is 4.39 Å². The van der Waals surface area contributed by atoms with Gasteiger partial charge in [0.2, 0.25) is 5.91 Å². The molecule has 3 heterocycles. The maximum Gasteiger partial charge on any atom is 0.255 e. The summed E-state index contributed by atoms with van der Waals surface area (Å²) in [6, 6.07) is 6.83. The first kappa shape index (κ1) is 30.2. The van der Waals surface area contributed by atoms with Gasteiger partial charge in [0.15, 0.2) is 0 Å². The molecular formula is C30H43FN5O3P. The maximum atomic E-state index is 14.2. The molecule has 2 unspecified atom stereocenters. The van der Waals surface area contributed by atoms with Crippen LogP contribution in [0.2, 0.25) is 0 Å². The summed E-state index contributed by atoms with van der Waals surface area (Å²) in [6.07, 6.45) is 3.04. The van der Waals surface area contributed by atoms with Crippen LogP contribution in [-0.4, -0.2) is 72.5 Å². The van der Waals surface area contributed by atoms with Gasteiger partial charge in [-0.1, -0.05) is 18.2 Å². The van der Waals surface area contributed by atoms with Gasteiger partial charge in [0.1, 0.15) is 6.17 Å². The molecule has 1 aromatic carbocycles. The fourth-order valence-corrected chi connectivity index (χ4v) is 6.75. The predicted molar refractivity (Wildman–Crippen MR) is 161 cm³/mol. The van der Waals surface area contributed by atoms with Crippen LogP contribution in [0.4, 0.5) is 10.1 Å². The van der Waals surface area contributed by atoms with E-state index in [1.54, 1.807) is 33.9 Å². The molecule has 2 amide bonds. The highest BCUT2D eigenvalue weighted by Crippen LogP contribution is 2.31. The minimum Gasteiger partial charge on any atom is -0.371 e. The van der Waals surface area contributed by atoms with Crippen molar-refractivity contribution in [1.29, 1.82) is 0 Å². The summed E-state index contributed by atoms with van der Waals surface area (Å²) in [7, 11) is 6.67. The van der Waals surface area contributed by atoms with E-state index >= 15 is 0 Å². The number of nitrogens with zero attached hydrogens (tertiary/aromatic N) is 4. The van der Waals surface area contributed by atoms with Crippen LogP contribution in [0.3, 0.4) is 0 Å². The van der Waals surface area contributed by atoms with Gasteiger partial charge in [0.25, 0.3) is 11.5 Å². The molecule has 0 spiro atoms. The molecule has 0 bridgehead atoms. The standard InChI is InChI=1S/C30H43FN5O3P/c1-19(31)23-8-7-9-24(28(23)40)20(2)32-29(39)25-17-36(30(4)12-15-35(18-30)21(3)37)27(38)16-26(25)34(6)22-10-13-33(5)14-11-22/h7-9,16-17,19-20,22H,10-15,18,40H2,1-6H3,(H,32,39)/t19?,20-,30-/m1/s1. The normalized spacial score (nSPS) is 21.8. The number of rotatable bonds is 7. The number of benzene rings is 1. The third-order valence-corrected chi connectivity index (χ3v) is 9.45. The summed E-state index contributed by atoms with van der Waals surface area (Å²) >= 11 is 0. The van der Waals surface area contributed by atoms with Gasteiger partial charge in [-0.3, -0.25) is 14.4 Å². The first-order valence-corrected chi connectivity index (χ1v) is 14.7. The molecule has 0 saturated carbocycles. The molecular weight excluding hydrogens is 528 g/mol. The Morgan fingerprint density at radius 2 is 1.82 bits per heavy atom. The van der Waals surface area contributed by atoms with Crippen LogP contribution < -0.4 is 21.1 Å². The van der Waals surface area contributed by atoms with E-state index in [0.29, 0.717) is 36.3 Å². The summed E-state index contributed by atoms with van der Waals surface area (Å²) < 4.78 is 15.8. The maximum absolute atomic E-state index is 14.2. The number of hydrogen-bond donors (Lipinski definition) is 1. The number of pyridine rings is 1. The van der Waals surface area contributed by atoms with Crippen molar-refractivity contribution in [2.45, 2.75) is 70.8 Å². The number of carbonyl (C=O) groups is 2. The number of amides is 2. The van der Waals surface area contributed by atoms with Gasteiger partial charge in [-0.05, 0) is 76.6 Å². The Kier molecular flexibility index (Phi) is 9.05. The minimum atomic E-state index is -1.13. The third kappa shape index (κ3) is 6.10. The van der Waals surface area contributed by atoms with E-state index in [0.717, 1.165) is 36.8 Å². The van der Waals surface area contributed by atoms with Gasteiger partial charge >= 0.3 is 0 Å². The lowest BCUT2D eigenvalue weighted by atomic mass is 9.99. The zero-order valence-corrected chi connectivity index (χ0v) is 25.7. The smallest absolute Gasteiger partial charge is 0.255 e. The summed E-state index contributed by atoms with van der Waals surface area (Å²) in [4.78, 5) is 45.7. The highest BCUT2D eigenvalue weighted by molar-refractivity contribution is 7.27. The number of halogens is 1. The quantitative estimate of drug-likeness (QED) is 0.516. The number of hydrogen-bond acceptors (Lipinski definition) is 5. The van der Waals surface area contributed by atoms with Crippen LogP contribution in [0.5, 0.6) is 0 Å². The van der Waals surface area contributed by atoms with Crippen molar-refractivity contribution < 1.29 is 14.0 Å². The lowest BCUT2D eigenvalue weighted by molar-refractivity contribution is -0.128. The monoisotopic (exact) mass is 571 g/mol. The molecule has 2 aliphatic rings. The molecule has 2 aromatic rings. The first-order valence-electron chi connectivity index (χ1n) is 14.1. The summed E-state index contributed by atoms with van der Waals surface area (Å²) in [5.74, 6) is -0.329. The van der Waals surface area contributed by atoms with Crippen LogP contribution in [0.1, 0.15) is 80.7 Å². The van der Waals surface area contributed by atoms with Crippen LogP contribution in [0, 0.1) is 0 Å². The SMILES string of the molecule is CC(=O)N1CC[C@@](C)(n2cc(C(=O)N[C@H](C)c3cccc(C(C)F)c3P)c(N(C)C3CCN(C)CC3)cc2=O)C1. The lowest BCUT2D eigenvalue weighted by Gasteiger charge is -2.37. The molecule has 0 aliphatic carbocycles. The third-order valence-electron chi connectivity index (χ3n) is 8.79. The van der Waals surface area contributed by atoms with E-state index in [-0.39, 0.29) is 23.4 Å². The van der Waals surface area contributed by atoms with E-state index in [9.17, 15) is 18.8 Å². The molecule has 2 saturated heterocycles. The Hall–Kier alpha value is -2.77. The Labute approximate surface area is 239 Å². The molecule has 1 aromatic heterocycles. The number of anilines is 1. The molecule has 4 rings (SSSR count). The van der Waals surface area contributed by atoms with Crippen molar-refractivity contribution in [1.82, 2.24) is 19.7 Å². The zero-order chi connectivity index (χ0) is 29.4. The number of nitrogens with one attached hydrogen (secondary N) is 1. The van der Waals surface area contributed by atoms with Crippen LogP contribution in [0.15, 0.2) is 35.3 Å². The van der Waals surface area contributed by atoms with Crippen LogP contribution in [-0.2, 0) is 10.3 Å². The number of alkyl halides is 1. The van der Waals surface area contributed by atoms with Crippen LogP contribution >= 0.6 is 9.24 Å². The molecule has 0 radical (unpaired) electrons. The molecule has 2 fully saturated rings. The summed E-state index contributed by atoms with van der Waals surface area (Å²) in [5, 5.41) is 3.85. The summed E-state index contributed by atoms with van der Waals surface area (Å²) in [5.41, 5.74) is 1.60. The second kappa shape index (κ2) is 12.0. The molecule has 1 N–H and O–H groups in total. The fourth-order valence-electron chi connectivity index (χ4n) is 6.08. The number of piperidine rings is 1. The highest BCUT2D eigenvalue weighted by Gasteiger charge is 2.38. The Morgan fingerprint density at radius 3 is 2.42 bits per heavy atom. The van der Waals surface area contributed by atoms with Gasteiger partial charge in [0.05, 0.1) is 22.8 Å². The highest BCUT2D eigenvalue weighted by atomic mass is 31.0. The van der Waals surface area contributed by atoms with Crippen molar-refractivity contribution >= 4 is 32.0 Å². The Morgan fingerprint density at radius 1 is 1.18 bits per heavy atom. The average Bonchev–Trinajstić information content (AvgIpc) is 3.31. The van der Waals surface area contributed by atoms with Crippen molar-refractivity contribution in [3.05, 3.63) is 57.5 Å². The second-order valence-electron chi connectivity index (χ2n) is 11.8. The minimum absolute atomic E-state index is 0.0275. The van der Waals surface area contributed by atoms with Gasteiger partial charge in [-0.15, -0.1) is 9.24 Å². The van der Waals surface area contributed by atoms with Gasteiger partial charge in [-0.2, -0.15) is 0 Å². The van der Waals surface area contributed by atoms with Crippen molar-refractivity contribution in [3.8, 4) is 0 Å². The number of aromatic nitrogens is 1. The van der Waals surface area contributed by atoms with E-state index in [4.69, 9.17) is 0 Å². The van der Waals surface area contributed by atoms with E-state index in [1.165, 1.54) is 13.8 Å². The van der Waals surface area contributed by atoms with Gasteiger partial charge in [0, 0.05) is 45.4 Å². The predicted octanol–water partition coefficient (Wildman–Crippen LogP) is 3.37. The largest absolute Gasteiger partial charge is 0.371 e. The van der Waals surface area contributed by atoms with Crippen molar-refractivity contribution in [2.24, 2.45) is 0 Å². The Bertz CT molecular complexity index is 1320. The van der Waals surface area contributed by atoms with Crippen molar-refractivity contribution in [2.75, 3.05) is 45.2 Å². The summed E-state index contributed by atoms with van der Waals surface area (Å²) in [6.45, 7) is 9.75. The molecule has 40 heavy (non-hydrogen) atoms. The second-order valence-corrected chi connectivity index (χ2v) is 12.4. The van der Waals surface area contributed by atoms with Crippen molar-refractivity contribution in [3.63, 3.8) is 0 Å². The first-order chi connectivity index (χ1) is 18.8. The lowest BCUT2D eigenvalue weighted by Crippen LogP contribution is -2.45. The average molecular weight is 572 g/mol. The zero-order valence-electron chi connectivity index (χ0n) is 24.5. The van der Waals surface area contributed by atoms with E-state index in [1.807, 2.05) is 27.0 Å². The number of likely N-dealkylation sites (tertiary alicyclic amines) is 2. The molecule has 4 atom stereocenters. The van der Waals surface area contributed by atoms with Crippen LogP contribution in [0.25, 0.3) is 0 Å². The molecule has 218 valence electrons. The fraction of sp³-hybridized carbons (Fsp3) is 0.567. The van der Waals surface area contributed by atoms with Gasteiger partial charge < -0.3 is 24.6 Å². The van der Waals surface area contributed by atoms with E-state index < -0.39 is 17.8 Å². The molecule has 2 aliphatic heterocycles. The molecule has 8 nitrogen and oxygen atoms in total. The number of carbonyl (C=O) groups excluding carboxylic acids is 2. The molecule has 10 heteroatoms. The van der Waals surface area contributed by atoms with E-state index in [2.05, 4.69) is 31.4 Å². The topological polar surface area (TPSA) is 77.9 Å².